The molecule has 0 aromatic carbocycles. The first kappa shape index (κ1) is 14.0. The lowest BCUT2D eigenvalue weighted by Gasteiger charge is -2.18. The van der Waals surface area contributed by atoms with Crippen molar-refractivity contribution in [1.29, 1.82) is 0 Å². The monoisotopic (exact) mass is 275 g/mol. The van der Waals surface area contributed by atoms with E-state index in [0.717, 1.165) is 5.56 Å². The van der Waals surface area contributed by atoms with E-state index in [9.17, 15) is 9.59 Å². The van der Waals surface area contributed by atoms with Gasteiger partial charge in [-0.05, 0) is 17.9 Å². The van der Waals surface area contributed by atoms with E-state index in [1.165, 1.54) is 16.2 Å². The average molecular weight is 276 g/mol. The molecule has 0 fully saturated rings. The van der Waals surface area contributed by atoms with Gasteiger partial charge in [0.05, 0.1) is 10.9 Å². The summed E-state index contributed by atoms with van der Waals surface area (Å²) in [6, 6.07) is 0. The summed E-state index contributed by atoms with van der Waals surface area (Å²) in [7, 11) is 1.58. The largest absolute Gasteiger partial charge is 0.481 e. The number of hydrogen-bond donors (Lipinski definition) is 1. The number of hydrogen-bond acceptors (Lipinski definition) is 3. The molecule has 1 aromatic rings. The summed E-state index contributed by atoms with van der Waals surface area (Å²) in [5.41, 5.74) is 0.861. The van der Waals surface area contributed by atoms with Crippen molar-refractivity contribution in [1.82, 2.24) is 4.90 Å². The molecule has 1 N–H and O–H groups in total. The first-order valence-corrected chi connectivity index (χ1v) is 6.32. The van der Waals surface area contributed by atoms with E-state index >= 15 is 0 Å². The van der Waals surface area contributed by atoms with Gasteiger partial charge in [-0.1, -0.05) is 18.5 Å². The van der Waals surface area contributed by atoms with Gasteiger partial charge in [0.2, 0.25) is 0 Å². The second kappa shape index (κ2) is 5.51. The minimum atomic E-state index is -0.918. The Kier molecular flexibility index (Phi) is 4.54. The molecule has 1 heterocycles. The fourth-order valence-electron chi connectivity index (χ4n) is 1.32. The molecule has 0 saturated heterocycles. The van der Waals surface area contributed by atoms with Gasteiger partial charge < -0.3 is 10.0 Å². The molecule has 0 spiro atoms. The highest BCUT2D eigenvalue weighted by Gasteiger charge is 2.22. The Morgan fingerprint density at radius 1 is 1.59 bits per heavy atom. The van der Waals surface area contributed by atoms with E-state index in [4.69, 9.17) is 16.7 Å². The van der Waals surface area contributed by atoms with Crippen LogP contribution >= 0.6 is 22.9 Å². The average Bonchev–Trinajstić information content (AvgIpc) is 2.58. The zero-order valence-electron chi connectivity index (χ0n) is 9.86. The molecule has 17 heavy (non-hydrogen) atoms. The normalized spacial score (nSPS) is 12.2. The minimum Gasteiger partial charge on any atom is -0.481 e. The highest BCUT2D eigenvalue weighted by molar-refractivity contribution is 7.13. The molecular weight excluding hydrogens is 262 g/mol. The quantitative estimate of drug-likeness (QED) is 0.918. The Bertz CT molecular complexity index is 444. The van der Waals surface area contributed by atoms with Crippen LogP contribution in [0, 0.1) is 12.8 Å². The molecule has 1 unspecified atom stereocenters. The van der Waals surface area contributed by atoms with E-state index in [1.54, 1.807) is 14.0 Å². The molecule has 0 saturated carbocycles. The second-order valence-electron chi connectivity index (χ2n) is 3.99. The van der Waals surface area contributed by atoms with Gasteiger partial charge in [-0.15, -0.1) is 11.3 Å². The maximum absolute atomic E-state index is 12.0. The SMILES string of the molecule is Cc1csc(C(=O)N(C)CC(C)C(=O)O)c1Cl. The van der Waals surface area contributed by atoms with Crippen molar-refractivity contribution in [3.63, 3.8) is 0 Å². The van der Waals surface area contributed by atoms with Crippen LogP contribution in [0.15, 0.2) is 5.38 Å². The lowest BCUT2D eigenvalue weighted by atomic mass is 10.2. The third kappa shape index (κ3) is 3.20. The van der Waals surface area contributed by atoms with Crippen molar-refractivity contribution in [3.05, 3.63) is 20.8 Å². The number of rotatable bonds is 4. The number of aliphatic carboxylic acids is 1. The predicted octanol–water partition coefficient (Wildman–Crippen LogP) is 2.50. The summed E-state index contributed by atoms with van der Waals surface area (Å²) in [5, 5.41) is 11.0. The van der Waals surface area contributed by atoms with E-state index < -0.39 is 11.9 Å². The van der Waals surface area contributed by atoms with Gasteiger partial charge >= 0.3 is 5.97 Å². The third-order valence-electron chi connectivity index (χ3n) is 2.41. The fourth-order valence-corrected chi connectivity index (χ4v) is 2.59. The summed E-state index contributed by atoms with van der Waals surface area (Å²) in [5.74, 6) is -1.75. The van der Waals surface area contributed by atoms with Crippen LogP contribution in [-0.2, 0) is 4.79 Å². The number of carbonyl (C=O) groups excluding carboxylic acids is 1. The molecule has 0 aliphatic heterocycles. The smallest absolute Gasteiger partial charge is 0.308 e. The highest BCUT2D eigenvalue weighted by Crippen LogP contribution is 2.28. The number of carbonyl (C=O) groups is 2. The van der Waals surface area contributed by atoms with Crippen LogP contribution in [0.4, 0.5) is 0 Å². The fraction of sp³-hybridized carbons (Fsp3) is 0.455. The van der Waals surface area contributed by atoms with E-state index in [2.05, 4.69) is 0 Å². The van der Waals surface area contributed by atoms with E-state index in [0.29, 0.717) is 9.90 Å². The number of nitrogens with zero attached hydrogens (tertiary/aromatic N) is 1. The Morgan fingerprint density at radius 2 is 2.18 bits per heavy atom. The predicted molar refractivity (Wildman–Crippen MR) is 67.8 cm³/mol. The number of amides is 1. The van der Waals surface area contributed by atoms with Crippen LogP contribution in [0.2, 0.25) is 5.02 Å². The first-order valence-electron chi connectivity index (χ1n) is 5.06. The molecule has 94 valence electrons. The van der Waals surface area contributed by atoms with Gasteiger partial charge in [0.1, 0.15) is 4.88 Å². The summed E-state index contributed by atoms with van der Waals surface area (Å²) in [6.07, 6.45) is 0. The molecule has 0 aliphatic carbocycles. The zero-order chi connectivity index (χ0) is 13.2. The molecule has 4 nitrogen and oxygen atoms in total. The number of thiophene rings is 1. The third-order valence-corrected chi connectivity index (χ3v) is 4.09. The molecule has 0 aliphatic rings. The van der Waals surface area contributed by atoms with Crippen molar-refractivity contribution in [2.24, 2.45) is 5.92 Å². The molecule has 1 atom stereocenters. The molecule has 0 bridgehead atoms. The first-order chi connectivity index (χ1) is 7.84. The number of halogens is 1. The van der Waals surface area contributed by atoms with Gasteiger partial charge in [0.15, 0.2) is 0 Å². The van der Waals surface area contributed by atoms with E-state index in [-0.39, 0.29) is 12.5 Å². The lowest BCUT2D eigenvalue weighted by Crippen LogP contribution is -2.33. The van der Waals surface area contributed by atoms with Crippen molar-refractivity contribution in [3.8, 4) is 0 Å². The second-order valence-corrected chi connectivity index (χ2v) is 5.24. The van der Waals surface area contributed by atoms with Crippen molar-refractivity contribution in [2.45, 2.75) is 13.8 Å². The Morgan fingerprint density at radius 3 is 2.59 bits per heavy atom. The number of aryl methyl sites for hydroxylation is 1. The molecule has 1 aromatic heterocycles. The Labute approximate surface area is 109 Å². The van der Waals surface area contributed by atoms with Crippen LogP contribution < -0.4 is 0 Å². The van der Waals surface area contributed by atoms with Crippen LogP contribution in [-0.4, -0.2) is 35.5 Å². The summed E-state index contributed by atoms with van der Waals surface area (Å²) >= 11 is 7.27. The molecule has 0 radical (unpaired) electrons. The Balaban J connectivity index is 2.77. The molecule has 1 amide bonds. The van der Waals surface area contributed by atoms with Gasteiger partial charge in [-0.2, -0.15) is 0 Å². The standard InChI is InChI=1S/C11H14ClNO3S/c1-6(11(15)16)4-13(3)10(14)9-8(12)7(2)5-17-9/h5-6H,4H2,1-3H3,(H,15,16). The summed E-state index contributed by atoms with van der Waals surface area (Å²) < 4.78 is 0. The zero-order valence-corrected chi connectivity index (χ0v) is 11.4. The van der Waals surface area contributed by atoms with Crippen molar-refractivity contribution in [2.75, 3.05) is 13.6 Å². The molecule has 6 heteroatoms. The molecule has 1 rings (SSSR count). The van der Waals surface area contributed by atoms with Crippen molar-refractivity contribution < 1.29 is 14.7 Å². The van der Waals surface area contributed by atoms with Gasteiger partial charge in [-0.25, -0.2) is 0 Å². The summed E-state index contributed by atoms with van der Waals surface area (Å²) in [6.45, 7) is 3.56. The van der Waals surface area contributed by atoms with E-state index in [1.807, 2.05) is 12.3 Å². The maximum Gasteiger partial charge on any atom is 0.308 e. The van der Waals surface area contributed by atoms with Gasteiger partial charge in [0, 0.05) is 13.6 Å². The minimum absolute atomic E-state index is 0.168. The highest BCUT2D eigenvalue weighted by atomic mass is 35.5. The lowest BCUT2D eigenvalue weighted by molar-refractivity contribution is -0.141. The topological polar surface area (TPSA) is 57.6 Å². The molecular formula is C11H14ClNO3S. The van der Waals surface area contributed by atoms with Crippen LogP contribution in [0.1, 0.15) is 22.2 Å². The summed E-state index contributed by atoms with van der Waals surface area (Å²) in [4.78, 5) is 24.5. The van der Waals surface area contributed by atoms with Gasteiger partial charge in [0.25, 0.3) is 5.91 Å². The van der Waals surface area contributed by atoms with Crippen LogP contribution in [0.5, 0.6) is 0 Å². The number of carboxylic acid groups (broad SMARTS) is 1. The van der Waals surface area contributed by atoms with Crippen LogP contribution in [0.3, 0.4) is 0 Å². The maximum atomic E-state index is 12.0. The van der Waals surface area contributed by atoms with Crippen molar-refractivity contribution >= 4 is 34.8 Å². The van der Waals surface area contributed by atoms with Crippen LogP contribution in [0.25, 0.3) is 0 Å². The number of carboxylic acids is 1. The Hall–Kier alpha value is -1.07. The van der Waals surface area contributed by atoms with Gasteiger partial charge in [-0.3, -0.25) is 9.59 Å².